The summed E-state index contributed by atoms with van der Waals surface area (Å²) in [5.41, 5.74) is 0. The third kappa shape index (κ3) is 56.2. The van der Waals surface area contributed by atoms with Gasteiger partial charge in [-0.25, -0.2) is 0 Å². The van der Waals surface area contributed by atoms with Crippen molar-refractivity contribution in [3.8, 4) is 0 Å². The first-order valence-corrected chi connectivity index (χ1v) is 30.1. The molecule has 0 saturated carbocycles. The fourth-order valence-corrected chi connectivity index (χ4v) is 8.74. The quantitative estimate of drug-likeness (QED) is 0.0262. The summed E-state index contributed by atoms with van der Waals surface area (Å²) >= 11 is 0. The van der Waals surface area contributed by atoms with Crippen molar-refractivity contribution in [3.63, 3.8) is 0 Å². The number of carbonyl (C=O) groups excluding carboxylic acids is 3. The van der Waals surface area contributed by atoms with Gasteiger partial charge in [0.25, 0.3) is 0 Å². The highest BCUT2D eigenvalue weighted by Gasteiger charge is 2.19. The number of rotatable bonds is 55. The fraction of sp³-hybridized carbons (Fsp3) is 0.825. The van der Waals surface area contributed by atoms with E-state index in [0.717, 1.165) is 77.0 Å². The smallest absolute Gasteiger partial charge is 0.306 e. The Morgan fingerprint density at radius 1 is 0.290 bits per heavy atom. The van der Waals surface area contributed by atoms with E-state index in [0.29, 0.717) is 19.3 Å². The molecule has 0 bridgehead atoms. The third-order valence-corrected chi connectivity index (χ3v) is 13.3. The zero-order valence-corrected chi connectivity index (χ0v) is 46.1. The first-order chi connectivity index (χ1) is 34.0. The summed E-state index contributed by atoms with van der Waals surface area (Å²) in [6, 6.07) is 0. The number of allylic oxidation sites excluding steroid dienone is 8. The Morgan fingerprint density at radius 2 is 0.522 bits per heavy atom. The van der Waals surface area contributed by atoms with Gasteiger partial charge in [-0.2, -0.15) is 0 Å². The number of hydrogen-bond acceptors (Lipinski definition) is 6. The van der Waals surface area contributed by atoms with Crippen LogP contribution in [0.15, 0.2) is 48.6 Å². The molecule has 0 N–H and O–H groups in total. The second-order valence-corrected chi connectivity index (χ2v) is 20.3. The maximum absolute atomic E-state index is 12.8. The number of carbonyl (C=O) groups is 3. The number of hydrogen-bond donors (Lipinski definition) is 0. The lowest BCUT2D eigenvalue weighted by molar-refractivity contribution is -0.167. The molecule has 0 spiro atoms. The van der Waals surface area contributed by atoms with Crippen LogP contribution in [0.5, 0.6) is 0 Å². The lowest BCUT2D eigenvalue weighted by Gasteiger charge is -2.18. The zero-order valence-electron chi connectivity index (χ0n) is 46.1. The molecule has 0 fully saturated rings. The predicted octanol–water partition coefficient (Wildman–Crippen LogP) is 20.2. The Balaban J connectivity index is 4.05. The monoisotopic (exact) mass is 967 g/mol. The summed E-state index contributed by atoms with van der Waals surface area (Å²) in [5, 5.41) is 0. The molecule has 6 nitrogen and oxygen atoms in total. The molecule has 0 rings (SSSR count). The van der Waals surface area contributed by atoms with E-state index < -0.39 is 6.10 Å². The Labute approximate surface area is 428 Å². The largest absolute Gasteiger partial charge is 0.462 e. The average Bonchev–Trinajstić information content (AvgIpc) is 3.35. The van der Waals surface area contributed by atoms with E-state index in [1.54, 1.807) is 0 Å². The van der Waals surface area contributed by atoms with E-state index in [4.69, 9.17) is 14.2 Å². The van der Waals surface area contributed by atoms with Crippen molar-refractivity contribution in [2.45, 2.75) is 322 Å². The van der Waals surface area contributed by atoms with E-state index in [9.17, 15) is 14.4 Å². The third-order valence-electron chi connectivity index (χ3n) is 13.3. The summed E-state index contributed by atoms with van der Waals surface area (Å²) < 4.78 is 16.7. The van der Waals surface area contributed by atoms with Gasteiger partial charge in [-0.05, 0) is 83.5 Å². The molecule has 0 aromatic heterocycles. The minimum Gasteiger partial charge on any atom is -0.462 e. The normalized spacial score (nSPS) is 12.3. The molecule has 0 aliphatic carbocycles. The lowest BCUT2D eigenvalue weighted by Crippen LogP contribution is -2.30. The van der Waals surface area contributed by atoms with E-state index in [2.05, 4.69) is 69.4 Å². The van der Waals surface area contributed by atoms with Crippen molar-refractivity contribution in [1.82, 2.24) is 0 Å². The van der Waals surface area contributed by atoms with Crippen LogP contribution in [0.3, 0.4) is 0 Å². The van der Waals surface area contributed by atoms with Crippen LogP contribution in [0.2, 0.25) is 0 Å². The summed E-state index contributed by atoms with van der Waals surface area (Å²) in [7, 11) is 0. The molecule has 1 atom stereocenters. The second kappa shape index (κ2) is 57.9. The van der Waals surface area contributed by atoms with E-state index in [-0.39, 0.29) is 31.1 Å². The summed E-state index contributed by atoms with van der Waals surface area (Å²) in [4.78, 5) is 37.8. The Bertz CT molecular complexity index is 1200. The van der Waals surface area contributed by atoms with Crippen molar-refractivity contribution in [2.24, 2.45) is 0 Å². The van der Waals surface area contributed by atoms with Crippen LogP contribution >= 0.6 is 0 Å². The van der Waals surface area contributed by atoms with Gasteiger partial charge in [0, 0.05) is 19.3 Å². The van der Waals surface area contributed by atoms with Crippen LogP contribution < -0.4 is 0 Å². The summed E-state index contributed by atoms with van der Waals surface area (Å²) in [6.45, 7) is 6.57. The molecule has 0 heterocycles. The molecule has 402 valence electrons. The van der Waals surface area contributed by atoms with E-state index >= 15 is 0 Å². The van der Waals surface area contributed by atoms with Gasteiger partial charge in [0.15, 0.2) is 6.10 Å². The lowest BCUT2D eigenvalue weighted by atomic mass is 10.0. The first-order valence-electron chi connectivity index (χ1n) is 30.1. The molecule has 0 amide bonds. The van der Waals surface area contributed by atoms with Gasteiger partial charge in [0.05, 0.1) is 0 Å². The van der Waals surface area contributed by atoms with Gasteiger partial charge in [-0.3, -0.25) is 14.4 Å². The maximum Gasteiger partial charge on any atom is 0.306 e. The average molecular weight is 968 g/mol. The SMILES string of the molecule is CCCCCCC/C=C\C/C=C\CCCCCCCCCCCCCCCC(=O)OCC(COC(=O)CCCCCCC)OC(=O)CCCCCCCCCCC/C=C\C/C=C\CCCCCCC. The molecule has 1 unspecified atom stereocenters. The van der Waals surface area contributed by atoms with Crippen molar-refractivity contribution < 1.29 is 28.6 Å². The van der Waals surface area contributed by atoms with Gasteiger partial charge >= 0.3 is 17.9 Å². The van der Waals surface area contributed by atoms with Crippen LogP contribution in [-0.2, 0) is 28.6 Å². The highest BCUT2D eigenvalue weighted by atomic mass is 16.6. The molecule has 6 heteroatoms. The molecule has 0 radical (unpaired) electrons. The highest BCUT2D eigenvalue weighted by Crippen LogP contribution is 2.16. The molecule has 0 aromatic rings. The predicted molar refractivity (Wildman–Crippen MR) is 298 cm³/mol. The van der Waals surface area contributed by atoms with Crippen LogP contribution in [-0.4, -0.2) is 37.2 Å². The topological polar surface area (TPSA) is 78.9 Å². The van der Waals surface area contributed by atoms with Crippen LogP contribution in [0.4, 0.5) is 0 Å². The molecule has 0 aliphatic heterocycles. The molecule has 0 saturated heterocycles. The minimum atomic E-state index is -0.771. The van der Waals surface area contributed by atoms with Gasteiger partial charge in [0.2, 0.25) is 0 Å². The van der Waals surface area contributed by atoms with Crippen molar-refractivity contribution >= 4 is 17.9 Å². The van der Waals surface area contributed by atoms with Gasteiger partial charge in [-0.1, -0.05) is 262 Å². The minimum absolute atomic E-state index is 0.0733. The van der Waals surface area contributed by atoms with Crippen LogP contribution in [0.25, 0.3) is 0 Å². The molecule has 0 aromatic carbocycles. The summed E-state index contributed by atoms with van der Waals surface area (Å²) in [5.74, 6) is -0.879. The van der Waals surface area contributed by atoms with Crippen molar-refractivity contribution in [2.75, 3.05) is 13.2 Å². The van der Waals surface area contributed by atoms with Crippen LogP contribution in [0.1, 0.15) is 316 Å². The van der Waals surface area contributed by atoms with E-state index in [1.807, 2.05) is 0 Å². The Kier molecular flexibility index (Phi) is 55.7. The first kappa shape index (κ1) is 66.4. The maximum atomic E-state index is 12.8. The fourth-order valence-electron chi connectivity index (χ4n) is 8.74. The Morgan fingerprint density at radius 3 is 0.797 bits per heavy atom. The van der Waals surface area contributed by atoms with Crippen LogP contribution in [0, 0.1) is 0 Å². The molecular weight excluding hydrogens is 853 g/mol. The molecule has 0 aliphatic rings. The molecular formula is C63H114O6. The van der Waals surface area contributed by atoms with Crippen molar-refractivity contribution in [1.29, 1.82) is 0 Å². The number of esters is 3. The van der Waals surface area contributed by atoms with Gasteiger partial charge in [0.1, 0.15) is 13.2 Å². The van der Waals surface area contributed by atoms with Gasteiger partial charge in [-0.15, -0.1) is 0 Å². The zero-order chi connectivity index (χ0) is 50.0. The number of unbranched alkanes of at least 4 members (excludes halogenated alkanes) is 36. The standard InChI is InChI=1S/C63H114O6/c1-4-7-10-13-15-17-19-21-23-25-27-29-30-31-32-34-35-37-39-41-43-45-47-50-53-56-62(65)68-59-60(58-67-61(64)55-52-49-12-9-6-3)69-63(66)57-54-51-48-46-44-42-40-38-36-33-28-26-24-22-20-18-16-14-11-8-5-2/h19-22,25-28,60H,4-18,23-24,29-59H2,1-3H3/b21-19-,22-20-,27-25-,28-26-. The second-order valence-electron chi connectivity index (χ2n) is 20.3. The van der Waals surface area contributed by atoms with E-state index in [1.165, 1.54) is 199 Å². The highest BCUT2D eigenvalue weighted by molar-refractivity contribution is 5.71. The Hall–Kier alpha value is -2.63. The number of ether oxygens (including phenoxy) is 3. The van der Waals surface area contributed by atoms with Crippen molar-refractivity contribution in [3.05, 3.63) is 48.6 Å². The summed E-state index contributed by atoms with van der Waals surface area (Å²) in [6.07, 6.45) is 71.5. The van der Waals surface area contributed by atoms with Gasteiger partial charge < -0.3 is 14.2 Å². The molecule has 69 heavy (non-hydrogen) atoms.